The number of ether oxygens (including phenoxy) is 1. The third-order valence-corrected chi connectivity index (χ3v) is 3.25. The molecule has 2 rings (SSSR count). The summed E-state index contributed by atoms with van der Waals surface area (Å²) in [7, 11) is 1.71. The molecule has 0 aliphatic heterocycles. The zero-order valence-electron chi connectivity index (χ0n) is 11.8. The van der Waals surface area contributed by atoms with Crippen LogP contribution in [0.1, 0.15) is 24.2 Å². The molecule has 0 radical (unpaired) electrons. The molecule has 0 bridgehead atoms. The van der Waals surface area contributed by atoms with E-state index in [0.717, 1.165) is 24.5 Å². The van der Waals surface area contributed by atoms with Gasteiger partial charge < -0.3 is 10.1 Å². The minimum absolute atomic E-state index is 0.194. The molecule has 0 aliphatic rings. The van der Waals surface area contributed by atoms with Gasteiger partial charge >= 0.3 is 0 Å². The fraction of sp³-hybridized carbons (Fsp3) is 0.400. The van der Waals surface area contributed by atoms with Crippen molar-refractivity contribution in [2.24, 2.45) is 0 Å². The maximum atomic E-state index is 5.45. The van der Waals surface area contributed by atoms with Crippen LogP contribution in [0, 0.1) is 6.92 Å². The monoisotopic (exact) mass is 259 g/mol. The fourth-order valence-corrected chi connectivity index (χ4v) is 2.24. The predicted molar refractivity (Wildman–Crippen MR) is 76.4 cm³/mol. The summed E-state index contributed by atoms with van der Waals surface area (Å²) in [5.74, 6) is 0.915. The van der Waals surface area contributed by atoms with Crippen molar-refractivity contribution in [3.8, 4) is 5.75 Å². The first kappa shape index (κ1) is 13.6. The van der Waals surface area contributed by atoms with E-state index in [-0.39, 0.29) is 6.04 Å². The van der Waals surface area contributed by atoms with Gasteiger partial charge in [0.15, 0.2) is 0 Å². The Labute approximate surface area is 114 Å². The number of benzene rings is 1. The summed E-state index contributed by atoms with van der Waals surface area (Å²) < 4.78 is 7.47. The number of likely N-dealkylation sites (N-methyl/N-ethyl adjacent to an activating group) is 1. The van der Waals surface area contributed by atoms with Crippen LogP contribution >= 0.6 is 0 Å². The Hall–Kier alpha value is -1.81. The van der Waals surface area contributed by atoms with Gasteiger partial charge in [-0.2, -0.15) is 5.10 Å². The van der Waals surface area contributed by atoms with Crippen molar-refractivity contribution in [2.45, 2.75) is 26.4 Å². The zero-order valence-corrected chi connectivity index (χ0v) is 11.8. The third kappa shape index (κ3) is 3.15. The van der Waals surface area contributed by atoms with Crippen LogP contribution in [0.25, 0.3) is 0 Å². The van der Waals surface area contributed by atoms with Gasteiger partial charge in [0, 0.05) is 17.5 Å². The van der Waals surface area contributed by atoms with Crippen LogP contribution in [0.2, 0.25) is 0 Å². The first-order valence-electron chi connectivity index (χ1n) is 6.61. The Morgan fingerprint density at radius 2 is 2.11 bits per heavy atom. The lowest BCUT2D eigenvalue weighted by molar-refractivity contribution is 0.384. The highest BCUT2D eigenvalue weighted by Gasteiger charge is 2.16. The van der Waals surface area contributed by atoms with E-state index in [1.165, 1.54) is 5.56 Å². The molecule has 0 amide bonds. The van der Waals surface area contributed by atoms with Crippen molar-refractivity contribution in [1.29, 1.82) is 0 Å². The summed E-state index contributed by atoms with van der Waals surface area (Å²) in [6.07, 6.45) is 1.83. The average Bonchev–Trinajstić information content (AvgIpc) is 2.84. The van der Waals surface area contributed by atoms with Gasteiger partial charge in [-0.05, 0) is 25.6 Å². The molecule has 19 heavy (non-hydrogen) atoms. The number of rotatable bonds is 6. The van der Waals surface area contributed by atoms with E-state index < -0.39 is 0 Å². The molecule has 102 valence electrons. The van der Waals surface area contributed by atoms with Crippen LogP contribution in [0.3, 0.4) is 0 Å². The molecule has 0 spiro atoms. The summed E-state index contributed by atoms with van der Waals surface area (Å²) >= 11 is 0. The van der Waals surface area contributed by atoms with Gasteiger partial charge in [-0.25, -0.2) is 0 Å². The van der Waals surface area contributed by atoms with Crippen molar-refractivity contribution in [3.05, 3.63) is 47.8 Å². The number of methoxy groups -OCH3 is 1. The number of aromatic nitrogens is 2. The normalized spacial score (nSPS) is 12.4. The third-order valence-electron chi connectivity index (χ3n) is 3.25. The number of aryl methyl sites for hydroxylation is 1. The van der Waals surface area contributed by atoms with Gasteiger partial charge in [0.25, 0.3) is 0 Å². The van der Waals surface area contributed by atoms with Gasteiger partial charge in [-0.3, -0.25) is 4.68 Å². The number of nitrogens with zero attached hydrogens (tertiary/aromatic N) is 2. The molecular weight excluding hydrogens is 238 g/mol. The van der Waals surface area contributed by atoms with Crippen molar-refractivity contribution in [1.82, 2.24) is 15.1 Å². The van der Waals surface area contributed by atoms with Crippen LogP contribution in [-0.4, -0.2) is 23.4 Å². The minimum Gasteiger partial charge on any atom is -0.496 e. The van der Waals surface area contributed by atoms with E-state index in [1.54, 1.807) is 7.11 Å². The van der Waals surface area contributed by atoms with Crippen molar-refractivity contribution < 1.29 is 4.74 Å². The number of hydrogen-bond acceptors (Lipinski definition) is 3. The first-order valence-corrected chi connectivity index (χ1v) is 6.61. The first-order chi connectivity index (χ1) is 9.26. The van der Waals surface area contributed by atoms with Gasteiger partial charge in [0.1, 0.15) is 5.75 Å². The second-order valence-corrected chi connectivity index (χ2v) is 4.51. The van der Waals surface area contributed by atoms with Crippen LogP contribution in [-0.2, 0) is 6.54 Å². The molecule has 1 N–H and O–H groups in total. The van der Waals surface area contributed by atoms with Crippen molar-refractivity contribution in [3.63, 3.8) is 0 Å². The summed E-state index contributed by atoms with van der Waals surface area (Å²) in [6, 6.07) is 10.3. The average molecular weight is 259 g/mol. The lowest BCUT2D eigenvalue weighted by Crippen LogP contribution is -2.26. The Kier molecular flexibility index (Phi) is 4.58. The molecule has 1 heterocycles. The van der Waals surface area contributed by atoms with E-state index in [2.05, 4.69) is 30.3 Å². The maximum absolute atomic E-state index is 5.45. The van der Waals surface area contributed by atoms with Crippen molar-refractivity contribution in [2.75, 3.05) is 13.7 Å². The quantitative estimate of drug-likeness (QED) is 0.866. The molecule has 0 saturated carbocycles. The molecule has 0 fully saturated rings. The SMILES string of the molecule is CCNC(Cn1nccc1C)c1ccccc1OC. The van der Waals surface area contributed by atoms with E-state index in [9.17, 15) is 0 Å². The van der Waals surface area contributed by atoms with E-state index in [4.69, 9.17) is 4.74 Å². The number of hydrogen-bond donors (Lipinski definition) is 1. The van der Waals surface area contributed by atoms with E-state index in [0.29, 0.717) is 0 Å². The highest BCUT2D eigenvalue weighted by atomic mass is 16.5. The van der Waals surface area contributed by atoms with E-state index >= 15 is 0 Å². The Morgan fingerprint density at radius 3 is 2.74 bits per heavy atom. The van der Waals surface area contributed by atoms with Crippen molar-refractivity contribution >= 4 is 0 Å². The summed E-state index contributed by atoms with van der Waals surface area (Å²) in [5.41, 5.74) is 2.33. The summed E-state index contributed by atoms with van der Waals surface area (Å²) in [4.78, 5) is 0. The van der Waals surface area contributed by atoms with Gasteiger partial charge in [0.2, 0.25) is 0 Å². The topological polar surface area (TPSA) is 39.1 Å². The zero-order chi connectivity index (χ0) is 13.7. The Morgan fingerprint density at radius 1 is 1.32 bits per heavy atom. The molecule has 4 heteroatoms. The lowest BCUT2D eigenvalue weighted by atomic mass is 10.1. The van der Waals surface area contributed by atoms with Gasteiger partial charge in [-0.15, -0.1) is 0 Å². The predicted octanol–water partition coefficient (Wildman–Crippen LogP) is 2.55. The Balaban J connectivity index is 2.27. The van der Waals surface area contributed by atoms with Gasteiger partial charge in [-0.1, -0.05) is 25.1 Å². The molecule has 0 saturated heterocycles. The molecule has 0 aliphatic carbocycles. The standard InChI is InChI=1S/C15H21N3O/c1-4-16-14(11-18-12(2)9-10-17-18)13-7-5-6-8-15(13)19-3/h5-10,14,16H,4,11H2,1-3H3. The summed E-state index contributed by atoms with van der Waals surface area (Å²) in [6.45, 7) is 5.88. The minimum atomic E-state index is 0.194. The largest absolute Gasteiger partial charge is 0.496 e. The molecule has 2 aromatic rings. The van der Waals surface area contributed by atoms with Gasteiger partial charge in [0.05, 0.1) is 19.7 Å². The second-order valence-electron chi connectivity index (χ2n) is 4.51. The van der Waals surface area contributed by atoms with Crippen LogP contribution < -0.4 is 10.1 Å². The Bertz CT molecular complexity index is 522. The maximum Gasteiger partial charge on any atom is 0.123 e. The molecule has 1 aromatic carbocycles. The molecular formula is C15H21N3O. The smallest absolute Gasteiger partial charge is 0.123 e. The second kappa shape index (κ2) is 6.38. The lowest BCUT2D eigenvalue weighted by Gasteiger charge is -2.21. The molecule has 4 nitrogen and oxygen atoms in total. The van der Waals surface area contributed by atoms with Crippen LogP contribution in [0.4, 0.5) is 0 Å². The number of para-hydroxylation sites is 1. The molecule has 1 aromatic heterocycles. The highest BCUT2D eigenvalue weighted by molar-refractivity contribution is 5.35. The summed E-state index contributed by atoms with van der Waals surface area (Å²) in [5, 5.41) is 7.85. The highest BCUT2D eigenvalue weighted by Crippen LogP contribution is 2.26. The molecule has 1 atom stereocenters. The fourth-order valence-electron chi connectivity index (χ4n) is 2.24. The van der Waals surface area contributed by atoms with E-state index in [1.807, 2.05) is 35.1 Å². The number of nitrogens with one attached hydrogen (secondary N) is 1. The van der Waals surface area contributed by atoms with Crippen LogP contribution in [0.15, 0.2) is 36.5 Å². The van der Waals surface area contributed by atoms with Crippen LogP contribution in [0.5, 0.6) is 5.75 Å². The molecule has 1 unspecified atom stereocenters.